The van der Waals surface area contributed by atoms with Crippen LogP contribution in [0.2, 0.25) is 0 Å². The van der Waals surface area contributed by atoms with Crippen LogP contribution in [0.3, 0.4) is 0 Å². The van der Waals surface area contributed by atoms with Gasteiger partial charge in [-0.1, -0.05) is 101 Å². The zero-order chi connectivity index (χ0) is 26.2. The number of halogens is 3. The van der Waals surface area contributed by atoms with Crippen LogP contribution in [-0.4, -0.2) is 0 Å². The average Bonchev–Trinajstić information content (AvgIpc) is 2.92. The van der Waals surface area contributed by atoms with Crippen LogP contribution in [0.1, 0.15) is 102 Å². The molecule has 1 saturated carbocycles. The molecule has 198 valence electrons. The Labute approximate surface area is 221 Å². The van der Waals surface area contributed by atoms with E-state index in [1.165, 1.54) is 32.1 Å². The van der Waals surface area contributed by atoms with E-state index in [1.807, 2.05) is 24.3 Å². The third kappa shape index (κ3) is 6.86. The van der Waals surface area contributed by atoms with Gasteiger partial charge in [0.1, 0.15) is 5.82 Å². The van der Waals surface area contributed by atoms with Gasteiger partial charge in [0.15, 0.2) is 11.6 Å². The molecule has 0 unspecified atom stereocenters. The second-order valence-electron chi connectivity index (χ2n) is 10.9. The second kappa shape index (κ2) is 13.3. The van der Waals surface area contributed by atoms with E-state index in [0.29, 0.717) is 23.5 Å². The molecule has 0 bridgehead atoms. The van der Waals surface area contributed by atoms with Crippen molar-refractivity contribution in [3.63, 3.8) is 0 Å². The van der Waals surface area contributed by atoms with Gasteiger partial charge in [-0.15, -0.1) is 0 Å². The number of rotatable bonds is 11. The van der Waals surface area contributed by atoms with Crippen LogP contribution in [0.5, 0.6) is 0 Å². The van der Waals surface area contributed by atoms with E-state index in [4.69, 9.17) is 0 Å². The highest BCUT2D eigenvalue weighted by Gasteiger charge is 2.24. The molecule has 1 aliphatic rings. The lowest BCUT2D eigenvalue weighted by Crippen LogP contribution is -2.14. The molecule has 0 saturated heterocycles. The summed E-state index contributed by atoms with van der Waals surface area (Å²) in [4.78, 5) is 0. The maximum atomic E-state index is 15.1. The number of unbranched alkanes of at least 4 members (excludes halogenated alkanes) is 4. The molecule has 0 atom stereocenters. The van der Waals surface area contributed by atoms with Crippen LogP contribution >= 0.6 is 0 Å². The third-order valence-electron chi connectivity index (χ3n) is 8.23. The quantitative estimate of drug-likeness (QED) is 0.227. The Morgan fingerprint density at radius 1 is 0.649 bits per heavy atom. The molecule has 1 fully saturated rings. The zero-order valence-electron chi connectivity index (χ0n) is 22.5. The van der Waals surface area contributed by atoms with Gasteiger partial charge in [0.25, 0.3) is 0 Å². The second-order valence-corrected chi connectivity index (χ2v) is 10.9. The zero-order valence-corrected chi connectivity index (χ0v) is 22.5. The van der Waals surface area contributed by atoms with Crippen molar-refractivity contribution >= 4 is 0 Å². The maximum absolute atomic E-state index is 15.1. The molecule has 0 aliphatic heterocycles. The van der Waals surface area contributed by atoms with Crippen LogP contribution in [0.4, 0.5) is 13.2 Å². The van der Waals surface area contributed by atoms with Crippen LogP contribution in [0.15, 0.2) is 54.6 Å². The first-order valence-corrected chi connectivity index (χ1v) is 14.4. The number of hydrogen-bond donors (Lipinski definition) is 0. The van der Waals surface area contributed by atoms with E-state index < -0.39 is 11.6 Å². The monoisotopic (exact) mass is 506 g/mol. The first-order chi connectivity index (χ1) is 18.0. The highest BCUT2D eigenvalue weighted by atomic mass is 19.2. The van der Waals surface area contributed by atoms with Crippen molar-refractivity contribution in [1.29, 1.82) is 0 Å². The molecule has 0 radical (unpaired) electrons. The van der Waals surface area contributed by atoms with Gasteiger partial charge in [0.2, 0.25) is 0 Å². The van der Waals surface area contributed by atoms with E-state index in [9.17, 15) is 8.78 Å². The van der Waals surface area contributed by atoms with Gasteiger partial charge in [-0.3, -0.25) is 0 Å². The Bertz CT molecular complexity index is 1140. The van der Waals surface area contributed by atoms with Gasteiger partial charge in [-0.25, -0.2) is 13.2 Å². The molecule has 37 heavy (non-hydrogen) atoms. The molecule has 0 heterocycles. The minimum Gasteiger partial charge on any atom is -0.207 e. The van der Waals surface area contributed by atoms with Gasteiger partial charge in [0.05, 0.1) is 0 Å². The van der Waals surface area contributed by atoms with Crippen molar-refractivity contribution in [3.05, 3.63) is 83.2 Å². The summed E-state index contributed by atoms with van der Waals surface area (Å²) in [6.07, 6.45) is 13.0. The summed E-state index contributed by atoms with van der Waals surface area (Å²) in [5.74, 6) is -0.561. The summed E-state index contributed by atoms with van der Waals surface area (Å²) in [6, 6.07) is 16.2. The van der Waals surface area contributed by atoms with E-state index in [1.54, 1.807) is 30.3 Å². The largest absolute Gasteiger partial charge is 0.207 e. The molecular formula is C34H41F3. The van der Waals surface area contributed by atoms with Crippen molar-refractivity contribution in [1.82, 2.24) is 0 Å². The molecule has 0 amide bonds. The number of benzene rings is 3. The number of aryl methyl sites for hydroxylation is 1. The lowest BCUT2D eigenvalue weighted by molar-refractivity contribution is 0.304. The molecule has 0 spiro atoms. The topological polar surface area (TPSA) is 0 Å². The fraction of sp³-hybridized carbons (Fsp3) is 0.471. The Hall–Kier alpha value is -2.55. The van der Waals surface area contributed by atoms with Crippen molar-refractivity contribution in [2.45, 2.75) is 96.8 Å². The van der Waals surface area contributed by atoms with Gasteiger partial charge < -0.3 is 0 Å². The predicted octanol–water partition coefficient (Wildman–Crippen LogP) is 11.0. The van der Waals surface area contributed by atoms with Crippen LogP contribution in [0, 0.1) is 23.4 Å². The maximum Gasteiger partial charge on any atom is 0.166 e. The fourth-order valence-electron chi connectivity index (χ4n) is 5.97. The predicted molar refractivity (Wildman–Crippen MR) is 149 cm³/mol. The summed E-state index contributed by atoms with van der Waals surface area (Å²) in [7, 11) is 0. The molecule has 3 aromatic carbocycles. The third-order valence-corrected chi connectivity index (χ3v) is 8.23. The highest BCUT2D eigenvalue weighted by molar-refractivity contribution is 5.71. The van der Waals surface area contributed by atoms with Crippen molar-refractivity contribution in [2.75, 3.05) is 0 Å². The van der Waals surface area contributed by atoms with Crippen molar-refractivity contribution in [2.24, 2.45) is 5.92 Å². The van der Waals surface area contributed by atoms with Gasteiger partial charge in [0, 0.05) is 5.56 Å². The Morgan fingerprint density at radius 3 is 2.00 bits per heavy atom. The summed E-state index contributed by atoms with van der Waals surface area (Å²) < 4.78 is 44.8. The molecule has 0 N–H and O–H groups in total. The van der Waals surface area contributed by atoms with E-state index in [0.717, 1.165) is 61.1 Å². The summed E-state index contributed by atoms with van der Waals surface area (Å²) >= 11 is 0. The Kier molecular flexibility index (Phi) is 9.88. The van der Waals surface area contributed by atoms with Crippen molar-refractivity contribution in [3.8, 4) is 22.3 Å². The first-order valence-electron chi connectivity index (χ1n) is 14.4. The molecular weight excluding hydrogens is 465 g/mol. The SMILES string of the molecule is CCCCCCCc1ccc(-c2ccc(-c3ccc(C4CCC(CCC)CC4)c(F)c3)cc2)c(F)c1F. The van der Waals surface area contributed by atoms with Crippen LogP contribution in [0.25, 0.3) is 22.3 Å². The molecule has 3 aromatic rings. The fourth-order valence-corrected chi connectivity index (χ4v) is 5.97. The van der Waals surface area contributed by atoms with E-state index >= 15 is 4.39 Å². The Balaban J connectivity index is 1.43. The van der Waals surface area contributed by atoms with E-state index in [2.05, 4.69) is 13.8 Å². The van der Waals surface area contributed by atoms with Crippen LogP contribution < -0.4 is 0 Å². The standard InChI is InChI=1S/C34H41F3/c1-3-5-6-7-8-10-28-19-22-31(34(37)33(28)36)27-17-15-25(16-18-27)29-20-21-30(32(35)23-29)26-13-11-24(9-4-2)12-14-26/h15-24,26H,3-14H2,1-2H3. The minimum atomic E-state index is -0.789. The van der Waals surface area contributed by atoms with E-state index in [-0.39, 0.29) is 11.4 Å². The molecule has 0 nitrogen and oxygen atoms in total. The van der Waals surface area contributed by atoms with Crippen LogP contribution in [-0.2, 0) is 6.42 Å². The summed E-state index contributed by atoms with van der Waals surface area (Å²) in [5.41, 5.74) is 3.83. The van der Waals surface area contributed by atoms with Crippen molar-refractivity contribution < 1.29 is 13.2 Å². The first kappa shape index (κ1) is 27.5. The lowest BCUT2D eigenvalue weighted by Gasteiger charge is -2.29. The summed E-state index contributed by atoms with van der Waals surface area (Å²) in [5, 5.41) is 0. The smallest absolute Gasteiger partial charge is 0.166 e. The number of hydrogen-bond acceptors (Lipinski definition) is 0. The normalized spacial score (nSPS) is 17.8. The molecule has 1 aliphatic carbocycles. The minimum absolute atomic E-state index is 0.140. The summed E-state index contributed by atoms with van der Waals surface area (Å²) in [6.45, 7) is 4.40. The Morgan fingerprint density at radius 2 is 1.32 bits per heavy atom. The molecule has 0 aromatic heterocycles. The van der Waals surface area contributed by atoms with Gasteiger partial charge in [-0.05, 0) is 84.2 Å². The lowest BCUT2D eigenvalue weighted by atomic mass is 9.77. The van der Waals surface area contributed by atoms with Gasteiger partial charge in [-0.2, -0.15) is 0 Å². The van der Waals surface area contributed by atoms with Gasteiger partial charge >= 0.3 is 0 Å². The highest BCUT2D eigenvalue weighted by Crippen LogP contribution is 2.39. The molecule has 4 rings (SSSR count). The molecule has 3 heteroatoms. The average molecular weight is 507 g/mol.